The van der Waals surface area contributed by atoms with Gasteiger partial charge in [0.15, 0.2) is 10.0 Å². The van der Waals surface area contributed by atoms with E-state index in [0.717, 1.165) is 4.68 Å². The van der Waals surface area contributed by atoms with Crippen molar-refractivity contribution in [3.05, 3.63) is 65.2 Å². The number of tetrazole rings is 1. The van der Waals surface area contributed by atoms with Crippen LogP contribution in [0.3, 0.4) is 0 Å². The fourth-order valence-electron chi connectivity index (χ4n) is 2.65. The predicted octanol–water partition coefficient (Wildman–Crippen LogP) is 3.79. The van der Waals surface area contributed by atoms with Crippen molar-refractivity contribution in [2.45, 2.75) is 20.6 Å². The Balaban J connectivity index is 1.58. The number of thiazole rings is 1. The average molecular weight is 529 g/mol. The Labute approximate surface area is 197 Å². The lowest BCUT2D eigenvalue weighted by Crippen LogP contribution is -2.13. The van der Waals surface area contributed by atoms with Gasteiger partial charge in [-0.1, -0.05) is 29.5 Å². The number of carbonyl (C=O) groups is 1. The summed E-state index contributed by atoms with van der Waals surface area (Å²) in [6, 6.07) is 13.7. The van der Waals surface area contributed by atoms with Gasteiger partial charge in [-0.25, -0.2) is 18.2 Å². The minimum atomic E-state index is -4.94. The lowest BCUT2D eigenvalue weighted by Gasteiger charge is -2.09. The lowest BCUT2D eigenvalue weighted by molar-refractivity contribution is -0.141. The number of aromatic nitrogens is 5. The first-order valence-corrected chi connectivity index (χ1v) is 12.1. The van der Waals surface area contributed by atoms with Crippen molar-refractivity contribution in [1.82, 2.24) is 25.2 Å². The first-order valence-electron chi connectivity index (χ1n) is 9.00. The molecular weight excluding hydrogens is 517 g/mol. The van der Waals surface area contributed by atoms with Crippen LogP contribution in [0, 0.1) is 0 Å². The molecule has 10 nitrogen and oxygen atoms in total. The number of para-hydroxylation sites is 1. The van der Waals surface area contributed by atoms with Crippen molar-refractivity contribution in [2.24, 2.45) is 0 Å². The topological polar surface area (TPSA) is 140 Å². The van der Waals surface area contributed by atoms with Gasteiger partial charge < -0.3 is 5.11 Å². The number of benzene rings is 2. The molecule has 2 heterocycles. The molecule has 2 aromatic heterocycles. The third kappa shape index (κ3) is 5.02. The number of hydrogen-bond donors (Lipinski definition) is 2. The van der Waals surface area contributed by atoms with Gasteiger partial charge in [0.05, 0.1) is 10.6 Å². The third-order valence-electron chi connectivity index (χ3n) is 4.11. The molecule has 0 aliphatic rings. The van der Waals surface area contributed by atoms with Crippen molar-refractivity contribution in [3.8, 4) is 5.69 Å². The van der Waals surface area contributed by atoms with E-state index in [0.29, 0.717) is 34.5 Å². The summed E-state index contributed by atoms with van der Waals surface area (Å²) in [6.45, 7) is 0. The second kappa shape index (κ2) is 9.03. The Hall–Kier alpha value is -3.50. The average Bonchev–Trinajstić information content (AvgIpc) is 3.42. The first kappa shape index (κ1) is 23.7. The standard InChI is InChI=1S/C18H11F3N6O4S3/c19-18(20,21)14-13(15(28)29)32-17(22-14)33-16-23-25-26-27(16)11-6-8-12(9-7-11)34(30,31)24-10-4-2-1-3-5-10/h1-9,24H,(H,28,29). The second-order valence-corrected chi connectivity index (χ2v) is 10.3. The van der Waals surface area contributed by atoms with Crippen LogP contribution in [0.5, 0.6) is 0 Å². The highest BCUT2D eigenvalue weighted by Gasteiger charge is 2.40. The van der Waals surface area contributed by atoms with Crippen LogP contribution in [0.4, 0.5) is 18.9 Å². The maximum Gasteiger partial charge on any atom is 0.435 e. The molecule has 0 bridgehead atoms. The number of aromatic carboxylic acids is 1. The zero-order chi connectivity index (χ0) is 24.5. The normalized spacial score (nSPS) is 12.0. The fraction of sp³-hybridized carbons (Fsp3) is 0.0556. The van der Waals surface area contributed by atoms with Crippen LogP contribution in [0.25, 0.3) is 5.69 Å². The first-order chi connectivity index (χ1) is 16.0. The molecule has 0 aliphatic heterocycles. The minimum Gasteiger partial charge on any atom is -0.477 e. The van der Waals surface area contributed by atoms with E-state index in [1.165, 1.54) is 24.3 Å². The quantitative estimate of drug-likeness (QED) is 0.367. The zero-order valence-electron chi connectivity index (χ0n) is 16.5. The van der Waals surface area contributed by atoms with Gasteiger partial charge >= 0.3 is 12.1 Å². The third-order valence-corrected chi connectivity index (χ3v) is 7.55. The number of hydrogen-bond acceptors (Lipinski definition) is 9. The highest BCUT2D eigenvalue weighted by Crippen LogP contribution is 2.39. The van der Waals surface area contributed by atoms with Crippen LogP contribution >= 0.6 is 23.1 Å². The largest absolute Gasteiger partial charge is 0.477 e. The van der Waals surface area contributed by atoms with Crippen molar-refractivity contribution < 1.29 is 31.5 Å². The SMILES string of the molecule is O=C(O)c1sc(Sc2nnnn2-c2ccc(S(=O)(=O)Nc3ccccc3)cc2)nc1C(F)(F)F. The van der Waals surface area contributed by atoms with E-state index in [2.05, 4.69) is 25.2 Å². The molecule has 0 atom stereocenters. The Bertz CT molecular complexity index is 1440. The number of sulfonamides is 1. The van der Waals surface area contributed by atoms with E-state index in [1.54, 1.807) is 30.3 Å². The summed E-state index contributed by atoms with van der Waals surface area (Å²) in [5, 5.41) is 20.0. The molecule has 0 aliphatic carbocycles. The molecule has 0 saturated heterocycles. The molecule has 176 valence electrons. The molecule has 0 saturated carbocycles. The smallest absolute Gasteiger partial charge is 0.435 e. The number of anilines is 1. The molecule has 0 radical (unpaired) electrons. The molecule has 2 N–H and O–H groups in total. The number of carboxylic acids is 1. The van der Waals surface area contributed by atoms with E-state index in [-0.39, 0.29) is 14.4 Å². The van der Waals surface area contributed by atoms with Crippen LogP contribution in [-0.4, -0.2) is 44.7 Å². The van der Waals surface area contributed by atoms with Crippen molar-refractivity contribution in [2.75, 3.05) is 4.72 Å². The molecule has 34 heavy (non-hydrogen) atoms. The van der Waals surface area contributed by atoms with Crippen molar-refractivity contribution in [1.29, 1.82) is 0 Å². The fourth-order valence-corrected chi connectivity index (χ4v) is 5.61. The maximum absolute atomic E-state index is 13.1. The summed E-state index contributed by atoms with van der Waals surface area (Å²) in [7, 11) is -3.87. The zero-order valence-corrected chi connectivity index (χ0v) is 18.9. The van der Waals surface area contributed by atoms with Crippen LogP contribution in [-0.2, 0) is 16.2 Å². The minimum absolute atomic E-state index is 0.00238. The van der Waals surface area contributed by atoms with Gasteiger partial charge in [-0.15, -0.1) is 5.10 Å². The van der Waals surface area contributed by atoms with Gasteiger partial charge in [0, 0.05) is 5.69 Å². The van der Waals surface area contributed by atoms with Gasteiger partial charge in [-0.2, -0.15) is 17.9 Å². The summed E-state index contributed by atoms with van der Waals surface area (Å²) in [4.78, 5) is 13.6. The van der Waals surface area contributed by atoms with Gasteiger partial charge in [-0.05, 0) is 58.6 Å². The summed E-state index contributed by atoms with van der Waals surface area (Å²) in [5.41, 5.74) is -0.808. The van der Waals surface area contributed by atoms with E-state index in [1.807, 2.05) is 0 Å². The van der Waals surface area contributed by atoms with Crippen LogP contribution in [0.1, 0.15) is 15.4 Å². The number of alkyl halides is 3. The summed E-state index contributed by atoms with van der Waals surface area (Å²) >= 11 is 0.975. The van der Waals surface area contributed by atoms with Gasteiger partial charge in [0.25, 0.3) is 10.0 Å². The Morgan fingerprint density at radius 1 is 1.09 bits per heavy atom. The Kier molecular flexibility index (Phi) is 6.28. The van der Waals surface area contributed by atoms with Gasteiger partial charge in [-0.3, -0.25) is 4.72 Å². The maximum atomic E-state index is 13.1. The molecule has 4 rings (SSSR count). The number of nitrogens with zero attached hydrogens (tertiary/aromatic N) is 5. The summed E-state index contributed by atoms with van der Waals surface area (Å²) < 4.78 is 67.8. The highest BCUT2D eigenvalue weighted by molar-refractivity contribution is 8.00. The van der Waals surface area contributed by atoms with Crippen molar-refractivity contribution >= 4 is 44.8 Å². The molecular formula is C18H11F3N6O4S3. The van der Waals surface area contributed by atoms with E-state index < -0.39 is 32.7 Å². The summed E-state index contributed by atoms with van der Waals surface area (Å²) in [5.74, 6) is -1.75. The van der Waals surface area contributed by atoms with E-state index >= 15 is 0 Å². The molecule has 0 amide bonds. The van der Waals surface area contributed by atoms with Crippen LogP contribution in [0.2, 0.25) is 0 Å². The number of nitrogens with one attached hydrogen (secondary N) is 1. The van der Waals surface area contributed by atoms with Crippen LogP contribution < -0.4 is 4.72 Å². The highest BCUT2D eigenvalue weighted by atomic mass is 32.2. The Morgan fingerprint density at radius 2 is 1.76 bits per heavy atom. The van der Waals surface area contributed by atoms with E-state index in [9.17, 15) is 26.4 Å². The molecule has 0 unspecified atom stereocenters. The Morgan fingerprint density at radius 3 is 2.35 bits per heavy atom. The van der Waals surface area contributed by atoms with Gasteiger partial charge in [0.1, 0.15) is 4.88 Å². The van der Waals surface area contributed by atoms with Crippen LogP contribution in [0.15, 0.2) is 69.0 Å². The number of carboxylic acid groups (broad SMARTS) is 1. The van der Waals surface area contributed by atoms with Gasteiger partial charge in [0.2, 0.25) is 5.16 Å². The molecule has 16 heteroatoms. The predicted molar refractivity (Wildman–Crippen MR) is 115 cm³/mol. The molecule has 4 aromatic rings. The summed E-state index contributed by atoms with van der Waals surface area (Å²) in [6.07, 6.45) is -4.94. The molecule has 0 spiro atoms. The molecule has 2 aromatic carbocycles. The molecule has 0 fully saturated rings. The monoisotopic (exact) mass is 528 g/mol. The number of rotatable bonds is 7. The lowest BCUT2D eigenvalue weighted by atomic mass is 10.3. The van der Waals surface area contributed by atoms with Crippen molar-refractivity contribution in [3.63, 3.8) is 0 Å². The van der Waals surface area contributed by atoms with E-state index in [4.69, 9.17) is 5.11 Å². The second-order valence-electron chi connectivity index (χ2n) is 6.40. The number of halogens is 3.